The zero-order chi connectivity index (χ0) is 17.6. The molecular formula is C21H36N2O2+2. The number of hydrogen-bond acceptors (Lipinski definition) is 2. The zero-order valence-corrected chi connectivity index (χ0v) is 16.3. The van der Waals surface area contributed by atoms with Crippen molar-refractivity contribution in [2.24, 2.45) is 23.2 Å². The van der Waals surface area contributed by atoms with E-state index in [1.165, 1.54) is 52.0 Å². The van der Waals surface area contributed by atoms with Gasteiger partial charge in [0.05, 0.1) is 13.1 Å². The van der Waals surface area contributed by atoms with E-state index in [0.29, 0.717) is 11.8 Å². The third-order valence-electron chi connectivity index (χ3n) is 7.75. The van der Waals surface area contributed by atoms with Crippen molar-refractivity contribution in [1.82, 2.24) is 0 Å². The Morgan fingerprint density at radius 3 is 2.68 bits per heavy atom. The molecule has 2 aliphatic carbocycles. The highest BCUT2D eigenvalue weighted by atomic mass is 16.6. The fraction of sp³-hybridized carbons (Fsp3) is 0.857. The van der Waals surface area contributed by atoms with E-state index < -0.39 is 0 Å². The van der Waals surface area contributed by atoms with Crippen LogP contribution in [0.1, 0.15) is 46.5 Å². The van der Waals surface area contributed by atoms with Gasteiger partial charge < -0.3 is 14.5 Å². The van der Waals surface area contributed by atoms with Crippen molar-refractivity contribution in [1.29, 1.82) is 0 Å². The molecule has 0 unspecified atom stereocenters. The van der Waals surface area contributed by atoms with Crippen LogP contribution in [0.5, 0.6) is 0 Å². The molecule has 140 valence electrons. The SMILES string of the molecule is CC[NH+]1CC[NH+](C[C@H]2C(=O)O[C@@H]3C[C@@]4(C)CCC[C@H](C)C4=C[C@@H]32)CC1. The standard InChI is InChI=1S/C21H34N2O2/c1-4-22-8-10-23(11-9-22)14-17-16-12-18-15(2)6-5-7-21(18,3)13-19(16)25-20(17)24/h12,15-17,19H,4-11,13-14H2,1-3H3/p+2/t15-,16+,17+,19+,21+/m0/s1. The van der Waals surface area contributed by atoms with Gasteiger partial charge in [0.2, 0.25) is 0 Å². The van der Waals surface area contributed by atoms with Gasteiger partial charge >= 0.3 is 5.97 Å². The number of allylic oxidation sites excluding steroid dienone is 1. The first-order valence-corrected chi connectivity index (χ1v) is 10.6. The molecule has 3 fully saturated rings. The van der Waals surface area contributed by atoms with E-state index in [4.69, 9.17) is 4.74 Å². The van der Waals surface area contributed by atoms with Gasteiger partial charge in [-0.2, -0.15) is 0 Å². The Morgan fingerprint density at radius 2 is 1.96 bits per heavy atom. The maximum atomic E-state index is 12.7. The number of fused-ring (bicyclic) bond motifs is 2. The van der Waals surface area contributed by atoms with E-state index >= 15 is 0 Å². The quantitative estimate of drug-likeness (QED) is 0.561. The lowest BCUT2D eigenvalue weighted by atomic mass is 9.59. The summed E-state index contributed by atoms with van der Waals surface area (Å²) < 4.78 is 5.91. The predicted molar refractivity (Wildman–Crippen MR) is 97.5 cm³/mol. The van der Waals surface area contributed by atoms with Crippen molar-refractivity contribution in [3.63, 3.8) is 0 Å². The summed E-state index contributed by atoms with van der Waals surface area (Å²) in [6.45, 7) is 14.2. The van der Waals surface area contributed by atoms with Crippen molar-refractivity contribution in [3.05, 3.63) is 11.6 Å². The molecule has 0 bridgehead atoms. The minimum atomic E-state index is 0.0829. The highest BCUT2D eigenvalue weighted by Gasteiger charge is 2.52. The highest BCUT2D eigenvalue weighted by Crippen LogP contribution is 2.53. The number of esters is 1. The number of ether oxygens (including phenoxy) is 1. The van der Waals surface area contributed by atoms with Gasteiger partial charge in [-0.3, -0.25) is 4.79 Å². The molecule has 0 spiro atoms. The van der Waals surface area contributed by atoms with Gasteiger partial charge in [0.1, 0.15) is 38.2 Å². The third kappa shape index (κ3) is 3.16. The van der Waals surface area contributed by atoms with Crippen LogP contribution in [0.2, 0.25) is 0 Å². The van der Waals surface area contributed by atoms with Crippen LogP contribution in [0.25, 0.3) is 0 Å². The van der Waals surface area contributed by atoms with E-state index in [9.17, 15) is 4.79 Å². The molecule has 4 nitrogen and oxygen atoms in total. The second kappa shape index (κ2) is 6.70. The van der Waals surface area contributed by atoms with Crippen molar-refractivity contribution < 1.29 is 19.3 Å². The Balaban J connectivity index is 1.49. The number of piperazine rings is 1. The molecule has 0 amide bonds. The maximum Gasteiger partial charge on any atom is 0.315 e. The van der Waals surface area contributed by atoms with Crippen LogP contribution in [0, 0.1) is 23.2 Å². The monoisotopic (exact) mass is 348 g/mol. The van der Waals surface area contributed by atoms with Crippen LogP contribution in [-0.4, -0.2) is 51.3 Å². The molecular weight excluding hydrogens is 312 g/mol. The smallest absolute Gasteiger partial charge is 0.315 e. The number of carbonyl (C=O) groups is 1. The first-order chi connectivity index (χ1) is 12.0. The molecule has 5 atom stereocenters. The molecule has 4 aliphatic rings. The lowest BCUT2D eigenvalue weighted by molar-refractivity contribution is -1.01. The summed E-state index contributed by atoms with van der Waals surface area (Å²) in [5, 5.41) is 0. The number of hydrogen-bond donors (Lipinski definition) is 2. The van der Waals surface area contributed by atoms with Crippen LogP contribution in [0.3, 0.4) is 0 Å². The lowest BCUT2D eigenvalue weighted by Gasteiger charge is -2.46. The topological polar surface area (TPSA) is 35.2 Å². The molecule has 1 saturated carbocycles. The number of carbonyl (C=O) groups excluding carboxylic acids is 1. The average molecular weight is 349 g/mol. The Hall–Kier alpha value is -0.870. The maximum absolute atomic E-state index is 12.7. The predicted octanol–water partition coefficient (Wildman–Crippen LogP) is 0.104. The van der Waals surface area contributed by atoms with Gasteiger partial charge in [-0.05, 0) is 37.5 Å². The summed E-state index contributed by atoms with van der Waals surface area (Å²) in [6, 6.07) is 0. The van der Waals surface area contributed by atoms with E-state index in [-0.39, 0.29) is 23.4 Å². The van der Waals surface area contributed by atoms with Gasteiger partial charge in [-0.25, -0.2) is 0 Å². The third-order valence-corrected chi connectivity index (χ3v) is 7.75. The molecule has 25 heavy (non-hydrogen) atoms. The van der Waals surface area contributed by atoms with Gasteiger partial charge in [0.25, 0.3) is 0 Å². The average Bonchev–Trinajstić information content (AvgIpc) is 2.88. The van der Waals surface area contributed by atoms with E-state index in [0.717, 1.165) is 13.0 Å². The lowest BCUT2D eigenvalue weighted by Crippen LogP contribution is -3.28. The van der Waals surface area contributed by atoms with Crippen molar-refractivity contribution >= 4 is 5.97 Å². The minimum Gasteiger partial charge on any atom is -0.461 e. The number of quaternary nitrogens is 2. The summed E-state index contributed by atoms with van der Waals surface area (Å²) in [5.41, 5.74) is 1.91. The Kier molecular flexibility index (Phi) is 4.70. The highest BCUT2D eigenvalue weighted by molar-refractivity contribution is 5.76. The fourth-order valence-electron chi connectivity index (χ4n) is 6.11. The fourth-order valence-corrected chi connectivity index (χ4v) is 6.11. The molecule has 0 aromatic rings. The molecule has 2 N–H and O–H groups in total. The largest absolute Gasteiger partial charge is 0.461 e. The van der Waals surface area contributed by atoms with Gasteiger partial charge in [0.15, 0.2) is 0 Å². The summed E-state index contributed by atoms with van der Waals surface area (Å²) >= 11 is 0. The summed E-state index contributed by atoms with van der Waals surface area (Å²) in [4.78, 5) is 16.0. The summed E-state index contributed by atoms with van der Waals surface area (Å²) in [5.74, 6) is 1.19. The summed E-state index contributed by atoms with van der Waals surface area (Å²) in [6.07, 6.45) is 7.59. The normalized spacial score (nSPS) is 46.8. The van der Waals surface area contributed by atoms with Crippen molar-refractivity contribution in [2.45, 2.75) is 52.6 Å². The van der Waals surface area contributed by atoms with Gasteiger partial charge in [0, 0.05) is 5.92 Å². The van der Waals surface area contributed by atoms with E-state index in [1.54, 1.807) is 15.4 Å². The van der Waals surface area contributed by atoms with Gasteiger partial charge in [-0.15, -0.1) is 0 Å². The van der Waals surface area contributed by atoms with Gasteiger partial charge in [-0.1, -0.05) is 31.9 Å². The number of rotatable bonds is 3. The van der Waals surface area contributed by atoms with Crippen molar-refractivity contribution in [3.8, 4) is 0 Å². The Bertz CT molecular complexity index is 552. The van der Waals surface area contributed by atoms with Crippen LogP contribution in [-0.2, 0) is 9.53 Å². The Morgan fingerprint density at radius 1 is 1.24 bits per heavy atom. The van der Waals surface area contributed by atoms with E-state index in [2.05, 4.69) is 26.8 Å². The molecule has 0 aromatic heterocycles. The van der Waals surface area contributed by atoms with Crippen LogP contribution >= 0.6 is 0 Å². The molecule has 4 heteroatoms. The molecule has 2 saturated heterocycles. The van der Waals surface area contributed by atoms with Crippen molar-refractivity contribution in [2.75, 3.05) is 39.3 Å². The minimum absolute atomic E-state index is 0.0829. The molecule has 2 aliphatic heterocycles. The summed E-state index contributed by atoms with van der Waals surface area (Å²) in [7, 11) is 0. The van der Waals surface area contributed by atoms with E-state index in [1.807, 2.05) is 0 Å². The molecule has 2 heterocycles. The van der Waals surface area contributed by atoms with Crippen LogP contribution in [0.4, 0.5) is 0 Å². The molecule has 0 radical (unpaired) electrons. The van der Waals surface area contributed by atoms with Crippen LogP contribution in [0.15, 0.2) is 11.6 Å². The zero-order valence-electron chi connectivity index (χ0n) is 16.3. The van der Waals surface area contributed by atoms with Crippen LogP contribution < -0.4 is 9.80 Å². The first-order valence-electron chi connectivity index (χ1n) is 10.6. The molecule has 0 aromatic carbocycles. The number of nitrogens with one attached hydrogen (secondary N) is 2. The molecule has 4 rings (SSSR count). The second-order valence-corrected chi connectivity index (χ2v) is 9.40. The number of likely N-dealkylation sites (N-methyl/N-ethyl adjacent to an activating group) is 1. The second-order valence-electron chi connectivity index (χ2n) is 9.40. The first kappa shape index (κ1) is 17.5. The Labute approximate surface area is 152 Å².